The Morgan fingerprint density at radius 1 is 1.10 bits per heavy atom. The lowest BCUT2D eigenvalue weighted by Crippen LogP contribution is -1.88. The molecule has 0 N–H and O–H groups in total. The van der Waals surface area contributed by atoms with E-state index in [2.05, 4.69) is 20.4 Å². The van der Waals surface area contributed by atoms with E-state index in [0.717, 1.165) is 0 Å². The fraction of sp³-hybridized carbons (Fsp3) is 0.231. The van der Waals surface area contributed by atoms with Gasteiger partial charge in [0.1, 0.15) is 0 Å². The van der Waals surface area contributed by atoms with Crippen molar-refractivity contribution in [1.82, 2.24) is 20.4 Å². The molecule has 0 aliphatic heterocycles. The van der Waals surface area contributed by atoms with Crippen LogP contribution in [0.3, 0.4) is 0 Å². The van der Waals surface area contributed by atoms with Crippen molar-refractivity contribution >= 4 is 23.4 Å². The first-order valence-electron chi connectivity index (χ1n) is 6.18. The first-order chi connectivity index (χ1) is 10.1. The van der Waals surface area contributed by atoms with Crippen molar-refractivity contribution in [3.8, 4) is 11.5 Å². The molecule has 1 aromatic carbocycles. The van der Waals surface area contributed by atoms with Crippen molar-refractivity contribution in [2.45, 2.75) is 24.3 Å². The number of nitrogens with zero attached hydrogens (tertiary/aromatic N) is 4. The molecule has 2 heterocycles. The van der Waals surface area contributed by atoms with Gasteiger partial charge < -0.3 is 8.83 Å². The average Bonchev–Trinajstić information content (AvgIpc) is 3.08. The summed E-state index contributed by atoms with van der Waals surface area (Å²) in [6, 6.07) is 7.31. The first-order valence-corrected chi connectivity index (χ1v) is 7.44. The Morgan fingerprint density at radius 2 is 1.90 bits per heavy atom. The molecule has 0 spiro atoms. The van der Waals surface area contributed by atoms with E-state index in [0.29, 0.717) is 33.5 Å². The molecule has 3 rings (SSSR count). The van der Waals surface area contributed by atoms with Crippen LogP contribution in [0.2, 0.25) is 5.02 Å². The third-order valence-electron chi connectivity index (χ3n) is 2.68. The van der Waals surface area contributed by atoms with Crippen molar-refractivity contribution in [1.29, 1.82) is 0 Å². The lowest BCUT2D eigenvalue weighted by molar-refractivity contribution is 0.454. The molecule has 0 saturated carbocycles. The summed E-state index contributed by atoms with van der Waals surface area (Å²) in [5.41, 5.74) is 0.708. The van der Waals surface area contributed by atoms with Gasteiger partial charge in [-0.05, 0) is 19.1 Å². The quantitative estimate of drug-likeness (QED) is 0.673. The van der Waals surface area contributed by atoms with Gasteiger partial charge in [0.05, 0.1) is 15.8 Å². The van der Waals surface area contributed by atoms with E-state index in [9.17, 15) is 0 Å². The maximum atomic E-state index is 6.10. The van der Waals surface area contributed by atoms with E-state index in [1.807, 2.05) is 25.1 Å². The Hall–Kier alpha value is -1.86. The number of benzene rings is 1. The van der Waals surface area contributed by atoms with Crippen molar-refractivity contribution in [2.24, 2.45) is 0 Å². The standard InChI is InChI=1S/C13H11ClN4O2S/c1-7(11-16-15-8(2)19-11)21-13-18-17-12(20-13)9-5-3-4-6-10(9)14/h3-7H,1-2H3. The summed E-state index contributed by atoms with van der Waals surface area (Å²) in [6.07, 6.45) is 0. The highest BCUT2D eigenvalue weighted by Crippen LogP contribution is 2.35. The molecule has 21 heavy (non-hydrogen) atoms. The summed E-state index contributed by atoms with van der Waals surface area (Å²) in [5.74, 6) is 1.44. The fourth-order valence-corrected chi connectivity index (χ4v) is 2.61. The Kier molecular flexibility index (Phi) is 3.94. The Morgan fingerprint density at radius 3 is 2.62 bits per heavy atom. The van der Waals surface area contributed by atoms with Gasteiger partial charge in [0.25, 0.3) is 5.22 Å². The van der Waals surface area contributed by atoms with Crippen LogP contribution in [-0.4, -0.2) is 20.4 Å². The van der Waals surface area contributed by atoms with Crippen molar-refractivity contribution in [3.05, 3.63) is 41.1 Å². The monoisotopic (exact) mass is 322 g/mol. The summed E-state index contributed by atoms with van der Waals surface area (Å²) < 4.78 is 11.0. The Bertz CT molecular complexity index is 758. The number of halogens is 1. The number of aryl methyl sites for hydroxylation is 1. The minimum Gasteiger partial charge on any atom is -0.424 e. The highest BCUT2D eigenvalue weighted by molar-refractivity contribution is 7.99. The summed E-state index contributed by atoms with van der Waals surface area (Å²) in [5, 5.41) is 16.7. The van der Waals surface area contributed by atoms with Gasteiger partial charge in [-0.15, -0.1) is 20.4 Å². The molecule has 0 bridgehead atoms. The second-order valence-corrected chi connectivity index (χ2v) is 5.97. The fourth-order valence-electron chi connectivity index (χ4n) is 1.68. The molecule has 3 aromatic rings. The highest BCUT2D eigenvalue weighted by atomic mass is 35.5. The van der Waals surface area contributed by atoms with E-state index >= 15 is 0 Å². The molecule has 2 aromatic heterocycles. The highest BCUT2D eigenvalue weighted by Gasteiger charge is 2.19. The van der Waals surface area contributed by atoms with Crippen LogP contribution in [0.1, 0.15) is 24.0 Å². The van der Waals surface area contributed by atoms with Crippen LogP contribution in [0.4, 0.5) is 0 Å². The second kappa shape index (κ2) is 5.87. The van der Waals surface area contributed by atoms with Crippen LogP contribution >= 0.6 is 23.4 Å². The van der Waals surface area contributed by atoms with Gasteiger partial charge in [0.15, 0.2) is 0 Å². The number of aromatic nitrogens is 4. The predicted molar refractivity (Wildman–Crippen MR) is 78.1 cm³/mol. The smallest absolute Gasteiger partial charge is 0.277 e. The Labute approximate surface area is 129 Å². The lowest BCUT2D eigenvalue weighted by atomic mass is 10.2. The molecule has 0 radical (unpaired) electrons. The van der Waals surface area contributed by atoms with Crippen LogP contribution in [0.15, 0.2) is 38.3 Å². The maximum Gasteiger partial charge on any atom is 0.277 e. The van der Waals surface area contributed by atoms with Crippen LogP contribution in [0.25, 0.3) is 11.5 Å². The summed E-state index contributed by atoms with van der Waals surface area (Å²) >= 11 is 7.46. The molecule has 0 amide bonds. The van der Waals surface area contributed by atoms with E-state index in [4.69, 9.17) is 20.4 Å². The van der Waals surface area contributed by atoms with Crippen molar-refractivity contribution < 1.29 is 8.83 Å². The molecule has 8 heteroatoms. The predicted octanol–water partition coefficient (Wildman–Crippen LogP) is 3.93. The molecule has 0 aliphatic rings. The normalized spacial score (nSPS) is 12.5. The van der Waals surface area contributed by atoms with Gasteiger partial charge in [-0.25, -0.2) is 0 Å². The zero-order valence-electron chi connectivity index (χ0n) is 11.3. The van der Waals surface area contributed by atoms with E-state index in [-0.39, 0.29) is 5.25 Å². The van der Waals surface area contributed by atoms with Crippen LogP contribution in [0, 0.1) is 6.92 Å². The van der Waals surface area contributed by atoms with Gasteiger partial charge in [-0.2, -0.15) is 0 Å². The third kappa shape index (κ3) is 3.08. The first kappa shape index (κ1) is 14.1. The summed E-state index contributed by atoms with van der Waals surface area (Å²) in [7, 11) is 0. The molecule has 0 aliphatic carbocycles. The molecule has 0 fully saturated rings. The van der Waals surface area contributed by atoms with Crippen LogP contribution in [0.5, 0.6) is 0 Å². The Balaban J connectivity index is 1.78. The minimum absolute atomic E-state index is 0.0780. The van der Waals surface area contributed by atoms with Gasteiger partial charge in [0, 0.05) is 6.92 Å². The molecular weight excluding hydrogens is 312 g/mol. The molecular formula is C13H11ClN4O2S. The number of hydrogen-bond acceptors (Lipinski definition) is 7. The molecule has 1 atom stereocenters. The largest absolute Gasteiger partial charge is 0.424 e. The van der Waals surface area contributed by atoms with Crippen LogP contribution < -0.4 is 0 Å². The van der Waals surface area contributed by atoms with Gasteiger partial charge in [-0.1, -0.05) is 35.5 Å². The SMILES string of the molecule is Cc1nnc(C(C)Sc2nnc(-c3ccccc3Cl)o2)o1. The maximum absolute atomic E-state index is 6.10. The second-order valence-electron chi connectivity index (χ2n) is 4.27. The van der Waals surface area contributed by atoms with E-state index in [1.54, 1.807) is 13.0 Å². The molecule has 108 valence electrons. The number of rotatable bonds is 4. The van der Waals surface area contributed by atoms with E-state index in [1.165, 1.54) is 11.8 Å². The summed E-state index contributed by atoms with van der Waals surface area (Å²) in [6.45, 7) is 3.67. The summed E-state index contributed by atoms with van der Waals surface area (Å²) in [4.78, 5) is 0. The number of thioether (sulfide) groups is 1. The lowest BCUT2D eigenvalue weighted by Gasteiger charge is -2.01. The number of hydrogen-bond donors (Lipinski definition) is 0. The van der Waals surface area contributed by atoms with Gasteiger partial charge in [0.2, 0.25) is 17.7 Å². The topological polar surface area (TPSA) is 77.8 Å². The van der Waals surface area contributed by atoms with E-state index < -0.39 is 0 Å². The molecule has 0 saturated heterocycles. The zero-order valence-corrected chi connectivity index (χ0v) is 12.9. The molecule has 1 unspecified atom stereocenters. The zero-order chi connectivity index (χ0) is 14.8. The van der Waals surface area contributed by atoms with Gasteiger partial charge in [-0.3, -0.25) is 0 Å². The van der Waals surface area contributed by atoms with Crippen LogP contribution in [-0.2, 0) is 0 Å². The average molecular weight is 323 g/mol. The molecule has 6 nitrogen and oxygen atoms in total. The van der Waals surface area contributed by atoms with Gasteiger partial charge >= 0.3 is 0 Å². The van der Waals surface area contributed by atoms with Crippen molar-refractivity contribution in [3.63, 3.8) is 0 Å². The minimum atomic E-state index is -0.0780. The third-order valence-corrected chi connectivity index (χ3v) is 3.93. The van der Waals surface area contributed by atoms with Crippen molar-refractivity contribution in [2.75, 3.05) is 0 Å².